The van der Waals surface area contributed by atoms with Crippen LogP contribution in [0.2, 0.25) is 0 Å². The first kappa shape index (κ1) is 20.2. The molecule has 0 bridgehead atoms. The Morgan fingerprint density at radius 1 is 0.900 bits per heavy atom. The molecule has 0 aliphatic carbocycles. The van der Waals surface area contributed by atoms with E-state index in [1.54, 1.807) is 0 Å². The van der Waals surface area contributed by atoms with Crippen LogP contribution in [0.15, 0.2) is 0 Å². The number of hydrogen-bond donors (Lipinski definition) is 0. The fraction of sp³-hybridized carbons (Fsp3) is 1.00. The molecule has 0 saturated carbocycles. The van der Waals surface area contributed by atoms with Crippen LogP contribution in [-0.2, 0) is 9.47 Å². The summed E-state index contributed by atoms with van der Waals surface area (Å²) in [6.07, 6.45) is 4.47. The van der Waals surface area contributed by atoms with Gasteiger partial charge in [0, 0.05) is 25.7 Å². The van der Waals surface area contributed by atoms with E-state index in [0.29, 0.717) is 17.3 Å². The zero-order valence-corrected chi connectivity index (χ0v) is 15.0. The minimum atomic E-state index is 0.311. The van der Waals surface area contributed by atoms with E-state index in [-0.39, 0.29) is 0 Å². The molecule has 2 unspecified atom stereocenters. The minimum absolute atomic E-state index is 0.311. The van der Waals surface area contributed by atoms with E-state index in [0.717, 1.165) is 58.0 Å². The fourth-order valence-corrected chi connectivity index (χ4v) is 1.78. The van der Waals surface area contributed by atoms with Crippen molar-refractivity contribution in [3.63, 3.8) is 0 Å². The van der Waals surface area contributed by atoms with Crippen molar-refractivity contribution in [2.45, 2.75) is 60.3 Å². The highest BCUT2D eigenvalue weighted by Gasteiger charge is 2.15. The number of rotatable bonds is 13. The summed E-state index contributed by atoms with van der Waals surface area (Å²) in [5.74, 6) is 1.96. The number of hydrogen-bond acceptors (Lipinski definition) is 2. The Labute approximate surface area is 131 Å². The van der Waals surface area contributed by atoms with Gasteiger partial charge in [-0.05, 0) is 42.9 Å². The Morgan fingerprint density at radius 2 is 1.40 bits per heavy atom. The molecule has 2 nitrogen and oxygen atoms in total. The molecule has 3 heteroatoms. The summed E-state index contributed by atoms with van der Waals surface area (Å²) in [5.41, 5.74) is 0.311. The first-order valence-corrected chi connectivity index (χ1v) is 8.66. The van der Waals surface area contributed by atoms with E-state index < -0.39 is 0 Å². The van der Waals surface area contributed by atoms with Crippen LogP contribution in [0.5, 0.6) is 0 Å². The number of alkyl halides is 1. The molecule has 0 aromatic heterocycles. The first-order chi connectivity index (χ1) is 9.41. The maximum Gasteiger partial charge on any atom is 0.0517 e. The number of halogens is 1. The van der Waals surface area contributed by atoms with E-state index in [4.69, 9.17) is 21.1 Å². The fourth-order valence-electron chi connectivity index (χ4n) is 1.63. The quantitative estimate of drug-likeness (QED) is 0.346. The van der Waals surface area contributed by atoms with Gasteiger partial charge < -0.3 is 9.47 Å². The van der Waals surface area contributed by atoms with Crippen LogP contribution < -0.4 is 0 Å². The Kier molecular flexibility index (Phi) is 11.9. The lowest BCUT2D eigenvalue weighted by atomic mass is 9.92. The van der Waals surface area contributed by atoms with Crippen LogP contribution in [0.3, 0.4) is 0 Å². The third-order valence-electron chi connectivity index (χ3n) is 3.98. The van der Waals surface area contributed by atoms with Gasteiger partial charge in [-0.1, -0.05) is 34.6 Å². The van der Waals surface area contributed by atoms with Crippen molar-refractivity contribution in [2.24, 2.45) is 17.3 Å². The Balaban J connectivity index is 3.39. The topological polar surface area (TPSA) is 18.5 Å². The van der Waals surface area contributed by atoms with Crippen LogP contribution in [0, 0.1) is 17.3 Å². The van der Waals surface area contributed by atoms with Crippen LogP contribution >= 0.6 is 11.6 Å². The minimum Gasteiger partial charge on any atom is -0.381 e. The molecule has 0 spiro atoms. The van der Waals surface area contributed by atoms with Crippen LogP contribution in [0.25, 0.3) is 0 Å². The summed E-state index contributed by atoms with van der Waals surface area (Å²) in [6, 6.07) is 0. The molecule has 20 heavy (non-hydrogen) atoms. The molecule has 0 radical (unpaired) electrons. The highest BCUT2D eigenvalue weighted by atomic mass is 35.5. The van der Waals surface area contributed by atoms with Crippen molar-refractivity contribution in [3.8, 4) is 0 Å². The van der Waals surface area contributed by atoms with Crippen molar-refractivity contribution < 1.29 is 9.47 Å². The lowest BCUT2D eigenvalue weighted by molar-refractivity contribution is 0.0491. The molecule has 2 atom stereocenters. The van der Waals surface area contributed by atoms with Crippen molar-refractivity contribution in [1.29, 1.82) is 0 Å². The summed E-state index contributed by atoms with van der Waals surface area (Å²) >= 11 is 5.76. The second-order valence-electron chi connectivity index (χ2n) is 6.91. The van der Waals surface area contributed by atoms with E-state index in [2.05, 4.69) is 34.6 Å². The maximum atomic E-state index is 5.78. The first-order valence-electron chi connectivity index (χ1n) is 8.12. The molecule has 0 fully saturated rings. The third kappa shape index (κ3) is 12.0. The smallest absolute Gasteiger partial charge is 0.0517 e. The van der Waals surface area contributed by atoms with Gasteiger partial charge in [0.2, 0.25) is 0 Å². The predicted molar refractivity (Wildman–Crippen MR) is 88.6 cm³/mol. The Hall–Kier alpha value is 0.210. The summed E-state index contributed by atoms with van der Waals surface area (Å²) in [4.78, 5) is 0. The van der Waals surface area contributed by atoms with E-state index in [1.807, 2.05) is 0 Å². The van der Waals surface area contributed by atoms with Gasteiger partial charge in [-0.3, -0.25) is 0 Å². The van der Waals surface area contributed by atoms with Gasteiger partial charge in [-0.25, -0.2) is 0 Å². The van der Waals surface area contributed by atoms with Gasteiger partial charge in [0.25, 0.3) is 0 Å². The highest BCUT2D eigenvalue weighted by Crippen LogP contribution is 2.20. The molecule has 0 heterocycles. The monoisotopic (exact) mass is 306 g/mol. The number of ether oxygens (including phenoxy) is 2. The van der Waals surface area contributed by atoms with Gasteiger partial charge in [0.05, 0.1) is 6.61 Å². The molecule has 0 N–H and O–H groups in total. The molecular formula is C17H35ClO2. The van der Waals surface area contributed by atoms with E-state index in [9.17, 15) is 0 Å². The van der Waals surface area contributed by atoms with Crippen molar-refractivity contribution in [1.82, 2.24) is 0 Å². The normalized spacial score (nSPS) is 15.3. The van der Waals surface area contributed by atoms with Gasteiger partial charge in [0.15, 0.2) is 0 Å². The molecule has 0 aliphatic rings. The van der Waals surface area contributed by atoms with Gasteiger partial charge in [0.1, 0.15) is 0 Å². The summed E-state index contributed by atoms with van der Waals surface area (Å²) in [5, 5.41) is 0. The predicted octanol–water partition coefficient (Wildman–Crippen LogP) is 5.14. The zero-order chi connectivity index (χ0) is 15.4. The standard InChI is InChI=1S/C17H35ClO2/c1-6-17(4,5)14-20-12-8-15(2)7-10-19-11-9-16(3)13-18/h15-16H,6-14H2,1-5H3. The van der Waals surface area contributed by atoms with Crippen LogP contribution in [-0.4, -0.2) is 32.3 Å². The van der Waals surface area contributed by atoms with Gasteiger partial charge in [-0.2, -0.15) is 0 Å². The zero-order valence-electron chi connectivity index (χ0n) is 14.2. The molecular weight excluding hydrogens is 272 g/mol. The largest absolute Gasteiger partial charge is 0.381 e. The van der Waals surface area contributed by atoms with Gasteiger partial charge in [-0.15, -0.1) is 11.6 Å². The SMILES string of the molecule is CCC(C)(C)COCCC(C)CCOCCC(C)CCl. The average molecular weight is 307 g/mol. The molecule has 0 amide bonds. The van der Waals surface area contributed by atoms with E-state index >= 15 is 0 Å². The molecule has 0 aromatic rings. The summed E-state index contributed by atoms with van der Waals surface area (Å²) in [6.45, 7) is 14.6. The van der Waals surface area contributed by atoms with Crippen LogP contribution in [0.1, 0.15) is 60.3 Å². The van der Waals surface area contributed by atoms with Gasteiger partial charge >= 0.3 is 0 Å². The molecule has 0 aromatic carbocycles. The average Bonchev–Trinajstić information content (AvgIpc) is 2.43. The Bertz CT molecular complexity index is 219. The van der Waals surface area contributed by atoms with E-state index in [1.165, 1.54) is 0 Å². The third-order valence-corrected chi connectivity index (χ3v) is 4.51. The lowest BCUT2D eigenvalue weighted by Crippen LogP contribution is -2.19. The van der Waals surface area contributed by atoms with Crippen molar-refractivity contribution >= 4 is 11.6 Å². The molecule has 0 saturated heterocycles. The van der Waals surface area contributed by atoms with Crippen molar-refractivity contribution in [2.75, 3.05) is 32.3 Å². The molecule has 0 aliphatic heterocycles. The second kappa shape index (κ2) is 11.8. The molecule has 122 valence electrons. The highest BCUT2D eigenvalue weighted by molar-refractivity contribution is 6.18. The summed E-state index contributed by atoms with van der Waals surface area (Å²) < 4.78 is 11.4. The molecule has 0 rings (SSSR count). The summed E-state index contributed by atoms with van der Waals surface area (Å²) in [7, 11) is 0. The maximum absolute atomic E-state index is 5.78. The lowest BCUT2D eigenvalue weighted by Gasteiger charge is -2.22. The Morgan fingerprint density at radius 3 is 1.90 bits per heavy atom. The second-order valence-corrected chi connectivity index (χ2v) is 7.22. The van der Waals surface area contributed by atoms with Crippen LogP contribution in [0.4, 0.5) is 0 Å². The van der Waals surface area contributed by atoms with Crippen molar-refractivity contribution in [3.05, 3.63) is 0 Å².